The third-order valence-electron chi connectivity index (χ3n) is 6.79. The van der Waals surface area contributed by atoms with Gasteiger partial charge < -0.3 is 25.2 Å². The number of carbonyl (C=O) groups excluding carboxylic acids is 1. The van der Waals surface area contributed by atoms with Crippen molar-refractivity contribution in [2.75, 3.05) is 24.6 Å². The molecule has 11 heteroatoms. The van der Waals surface area contributed by atoms with Crippen LogP contribution in [0.2, 0.25) is 0 Å². The number of ether oxygens (including phenoxy) is 1. The summed E-state index contributed by atoms with van der Waals surface area (Å²) in [5.74, 6) is -0.888. The van der Waals surface area contributed by atoms with Crippen LogP contribution in [0.3, 0.4) is 0 Å². The Morgan fingerprint density at radius 3 is 2.49 bits per heavy atom. The van der Waals surface area contributed by atoms with Gasteiger partial charge in [-0.2, -0.15) is 13.9 Å². The summed E-state index contributed by atoms with van der Waals surface area (Å²) in [6.45, 7) is 2.99. The Hall–Kier alpha value is -3.31. The third-order valence-corrected chi connectivity index (χ3v) is 6.79. The molecule has 1 aliphatic heterocycles. The molecule has 1 aromatic carbocycles. The van der Waals surface area contributed by atoms with Crippen LogP contribution in [-0.4, -0.2) is 63.7 Å². The van der Waals surface area contributed by atoms with Gasteiger partial charge in [0.25, 0.3) is 5.91 Å². The van der Waals surface area contributed by atoms with E-state index in [1.165, 1.54) is 25.0 Å². The van der Waals surface area contributed by atoms with E-state index in [9.17, 15) is 28.2 Å². The number of nitrogens with zero attached hydrogens (tertiary/aromatic N) is 3. The summed E-state index contributed by atoms with van der Waals surface area (Å²) < 4.78 is 41.0. The van der Waals surface area contributed by atoms with Gasteiger partial charge in [-0.1, -0.05) is 19.9 Å². The van der Waals surface area contributed by atoms with Crippen molar-refractivity contribution in [2.45, 2.75) is 70.6 Å². The second-order valence-electron chi connectivity index (χ2n) is 9.43. The molecule has 2 aliphatic rings. The monoisotopic (exact) mass is 550 g/mol. The summed E-state index contributed by atoms with van der Waals surface area (Å²) in [5, 5.41) is 26.7. The first-order valence-corrected chi connectivity index (χ1v) is 13.3. The van der Waals surface area contributed by atoms with Gasteiger partial charge in [0.15, 0.2) is 0 Å². The number of aromatic nitrogens is 2. The first kappa shape index (κ1) is 30.2. The molecule has 2 fully saturated rings. The summed E-state index contributed by atoms with van der Waals surface area (Å²) in [6.07, 6.45) is 8.28. The van der Waals surface area contributed by atoms with Crippen molar-refractivity contribution < 1.29 is 32.9 Å². The lowest BCUT2D eigenvalue weighted by molar-refractivity contribution is -0.0500. The van der Waals surface area contributed by atoms with Crippen LogP contribution >= 0.6 is 0 Å². The molecule has 0 radical (unpaired) electrons. The average Bonchev–Trinajstić information content (AvgIpc) is 3.62. The third kappa shape index (κ3) is 8.34. The maximum atomic E-state index is 12.8. The van der Waals surface area contributed by atoms with Gasteiger partial charge in [-0.05, 0) is 62.8 Å². The number of benzene rings is 1. The summed E-state index contributed by atoms with van der Waals surface area (Å²) in [4.78, 5) is 15.1. The van der Waals surface area contributed by atoms with Crippen molar-refractivity contribution in [2.24, 2.45) is 0 Å². The van der Waals surface area contributed by atoms with E-state index in [-0.39, 0.29) is 24.3 Å². The van der Waals surface area contributed by atoms with Crippen molar-refractivity contribution >= 4 is 17.1 Å². The summed E-state index contributed by atoms with van der Waals surface area (Å²) in [7, 11) is 0. The number of anilines is 1. The predicted molar refractivity (Wildman–Crippen MR) is 143 cm³/mol. The fraction of sp³-hybridized carbons (Fsp3) is 0.500. The van der Waals surface area contributed by atoms with E-state index in [0.717, 1.165) is 36.4 Å². The fourth-order valence-corrected chi connectivity index (χ4v) is 4.68. The second kappa shape index (κ2) is 14.2. The van der Waals surface area contributed by atoms with Crippen LogP contribution in [-0.2, 0) is 0 Å². The summed E-state index contributed by atoms with van der Waals surface area (Å²) >= 11 is 0. The van der Waals surface area contributed by atoms with E-state index >= 15 is 0 Å². The summed E-state index contributed by atoms with van der Waals surface area (Å²) in [5.41, 5.74) is 1.54. The molecule has 39 heavy (non-hydrogen) atoms. The highest BCUT2D eigenvalue weighted by molar-refractivity contribution is 6.01. The van der Waals surface area contributed by atoms with Gasteiger partial charge in [0.2, 0.25) is 0 Å². The fourth-order valence-electron chi connectivity index (χ4n) is 4.68. The number of rotatable bonds is 6. The molecule has 3 aromatic rings. The van der Waals surface area contributed by atoms with E-state index in [2.05, 4.69) is 20.1 Å². The first-order valence-electron chi connectivity index (χ1n) is 13.3. The van der Waals surface area contributed by atoms with Crippen molar-refractivity contribution in [1.82, 2.24) is 14.9 Å². The molecular formula is C28H37F3N4O4. The smallest absolute Gasteiger partial charge is 0.387 e. The summed E-state index contributed by atoms with van der Waals surface area (Å²) in [6, 6.07) is 8.71. The number of aliphatic hydroxyl groups is 2. The van der Waals surface area contributed by atoms with Crippen molar-refractivity contribution in [3.05, 3.63) is 60.2 Å². The molecule has 214 valence electrons. The van der Waals surface area contributed by atoms with Gasteiger partial charge in [0, 0.05) is 37.1 Å². The number of hydrogen-bond acceptors (Lipinski definition) is 6. The predicted octanol–water partition coefficient (Wildman–Crippen LogP) is 4.78. The Morgan fingerprint density at radius 1 is 1.18 bits per heavy atom. The van der Waals surface area contributed by atoms with Crippen molar-refractivity contribution in [1.29, 1.82) is 0 Å². The van der Waals surface area contributed by atoms with Crippen LogP contribution in [0.4, 0.5) is 18.9 Å². The topological polar surface area (TPSA) is 99.3 Å². The SMILES string of the molecule is CC.Fc1cccc(OC(F)F)c1.O=C(NC1CCC(O)(CO)CC1)c1cnn2ccc(N3CCCC3)cc12. The van der Waals surface area contributed by atoms with E-state index in [1.54, 1.807) is 10.7 Å². The molecular weight excluding hydrogens is 513 g/mol. The normalized spacial score (nSPS) is 20.6. The van der Waals surface area contributed by atoms with Crippen LogP contribution in [0.1, 0.15) is 62.7 Å². The number of aliphatic hydroxyl groups excluding tert-OH is 1. The van der Waals surface area contributed by atoms with Crippen LogP contribution in [0, 0.1) is 5.82 Å². The number of carbonyl (C=O) groups is 1. The van der Waals surface area contributed by atoms with Crippen LogP contribution in [0.25, 0.3) is 5.52 Å². The maximum absolute atomic E-state index is 12.8. The molecule has 3 N–H and O–H groups in total. The molecule has 1 saturated carbocycles. The largest absolute Gasteiger partial charge is 0.435 e. The van der Waals surface area contributed by atoms with Gasteiger partial charge in [0.1, 0.15) is 11.6 Å². The molecule has 8 nitrogen and oxygen atoms in total. The minimum atomic E-state index is -2.91. The molecule has 1 aliphatic carbocycles. The van der Waals surface area contributed by atoms with Gasteiger partial charge in [-0.3, -0.25) is 4.79 Å². The number of amides is 1. The van der Waals surface area contributed by atoms with Crippen LogP contribution in [0.5, 0.6) is 5.75 Å². The maximum Gasteiger partial charge on any atom is 0.387 e. The average molecular weight is 551 g/mol. The lowest BCUT2D eigenvalue weighted by Crippen LogP contribution is -2.45. The zero-order chi connectivity index (χ0) is 28.4. The van der Waals surface area contributed by atoms with Gasteiger partial charge in [-0.15, -0.1) is 0 Å². The van der Waals surface area contributed by atoms with Gasteiger partial charge in [-0.25, -0.2) is 8.91 Å². The lowest BCUT2D eigenvalue weighted by Gasteiger charge is -2.34. The number of hydrogen-bond donors (Lipinski definition) is 3. The van der Waals surface area contributed by atoms with E-state index in [4.69, 9.17) is 0 Å². The molecule has 0 unspecified atom stereocenters. The number of halogens is 3. The number of fused-ring (bicyclic) bond motifs is 1. The quantitative estimate of drug-likeness (QED) is 0.409. The molecule has 5 rings (SSSR count). The highest BCUT2D eigenvalue weighted by Crippen LogP contribution is 2.28. The zero-order valence-corrected chi connectivity index (χ0v) is 22.3. The molecule has 2 aromatic heterocycles. The Kier molecular flexibility index (Phi) is 11.0. The minimum absolute atomic E-state index is 0.0195. The number of nitrogens with one attached hydrogen (secondary N) is 1. The number of pyridine rings is 1. The molecule has 0 bridgehead atoms. The minimum Gasteiger partial charge on any atom is -0.435 e. The zero-order valence-electron chi connectivity index (χ0n) is 22.3. The second-order valence-corrected chi connectivity index (χ2v) is 9.43. The van der Waals surface area contributed by atoms with E-state index < -0.39 is 18.0 Å². The lowest BCUT2D eigenvalue weighted by atomic mass is 9.83. The Bertz CT molecular complexity index is 1190. The van der Waals surface area contributed by atoms with E-state index in [1.807, 2.05) is 32.2 Å². The van der Waals surface area contributed by atoms with Crippen molar-refractivity contribution in [3.8, 4) is 5.75 Å². The first-order chi connectivity index (χ1) is 18.8. The molecule has 1 amide bonds. The van der Waals surface area contributed by atoms with Crippen LogP contribution in [0.15, 0.2) is 48.8 Å². The number of alkyl halides is 2. The van der Waals surface area contributed by atoms with Crippen molar-refractivity contribution in [3.63, 3.8) is 0 Å². The van der Waals surface area contributed by atoms with Gasteiger partial charge >= 0.3 is 6.61 Å². The van der Waals surface area contributed by atoms with Gasteiger partial charge in [0.05, 0.1) is 29.5 Å². The molecule has 3 heterocycles. The Morgan fingerprint density at radius 2 is 1.87 bits per heavy atom. The Balaban J connectivity index is 0.000000272. The molecule has 1 saturated heterocycles. The Labute approximate surface area is 226 Å². The van der Waals surface area contributed by atoms with Crippen LogP contribution < -0.4 is 15.0 Å². The molecule has 0 atom stereocenters. The highest BCUT2D eigenvalue weighted by atomic mass is 19.3. The molecule has 0 spiro atoms. The standard InChI is InChI=1S/C19H26N4O3.C7H5F3O.C2H6/c24-13-19(26)6-3-14(4-7-19)21-18(25)16-12-20-23-10-5-15(11-17(16)23)22-8-1-2-9-22;8-5-2-1-3-6(4-5)11-7(9)10;1-2/h5,10-12,14,24,26H,1-4,6-9,13H2,(H,21,25);1-4,7H;1-2H3. The van der Waals surface area contributed by atoms with E-state index in [0.29, 0.717) is 31.2 Å². The highest BCUT2D eigenvalue weighted by Gasteiger charge is 2.33.